The van der Waals surface area contributed by atoms with Crippen molar-refractivity contribution in [2.24, 2.45) is 11.3 Å². The van der Waals surface area contributed by atoms with E-state index in [1.165, 1.54) is 6.42 Å². The summed E-state index contributed by atoms with van der Waals surface area (Å²) in [6, 6.07) is -0.478. The Morgan fingerprint density at radius 2 is 2.00 bits per heavy atom. The predicted octanol–water partition coefficient (Wildman–Crippen LogP) is 1.07. The summed E-state index contributed by atoms with van der Waals surface area (Å²) in [7, 11) is 0. The van der Waals surface area contributed by atoms with Crippen LogP contribution in [0.25, 0.3) is 0 Å². The molecule has 0 aliphatic carbocycles. The van der Waals surface area contributed by atoms with Crippen LogP contribution in [0.1, 0.15) is 40.5 Å². The van der Waals surface area contributed by atoms with Crippen LogP contribution in [-0.2, 0) is 9.59 Å². The molecule has 0 aromatic heterocycles. The second-order valence-electron chi connectivity index (χ2n) is 6.38. The first-order chi connectivity index (χ1) is 8.80. The molecule has 3 N–H and O–H groups in total. The summed E-state index contributed by atoms with van der Waals surface area (Å²) in [5, 5.41) is 8.93. The van der Waals surface area contributed by atoms with Gasteiger partial charge in [0.25, 0.3) is 0 Å². The second kappa shape index (κ2) is 8.47. The number of carbonyl (C=O) groups excluding carboxylic acids is 2. The van der Waals surface area contributed by atoms with Crippen LogP contribution in [-0.4, -0.2) is 37.5 Å². The molecular formula is C14H28ClN3O2. The summed E-state index contributed by atoms with van der Waals surface area (Å²) in [4.78, 5) is 23.6. The van der Waals surface area contributed by atoms with E-state index in [1.807, 2.05) is 20.8 Å². The van der Waals surface area contributed by atoms with Gasteiger partial charge in [-0.3, -0.25) is 9.59 Å². The average molecular weight is 306 g/mol. The van der Waals surface area contributed by atoms with Gasteiger partial charge in [0.15, 0.2) is 0 Å². The molecule has 2 unspecified atom stereocenters. The molecule has 5 nitrogen and oxygen atoms in total. The third kappa shape index (κ3) is 6.57. The lowest BCUT2D eigenvalue weighted by Crippen LogP contribution is -2.48. The Bertz CT molecular complexity index is 323. The Hall–Kier alpha value is -0.810. The largest absolute Gasteiger partial charge is 0.354 e. The first-order valence-corrected chi connectivity index (χ1v) is 7.10. The zero-order valence-corrected chi connectivity index (χ0v) is 13.7. The molecule has 0 aromatic carbocycles. The fourth-order valence-corrected chi connectivity index (χ4v) is 1.99. The zero-order chi connectivity index (χ0) is 14.5. The normalized spacial score (nSPS) is 19.9. The molecule has 0 bridgehead atoms. The Kier molecular flexibility index (Phi) is 8.13. The number of hydrogen-bond donors (Lipinski definition) is 3. The van der Waals surface area contributed by atoms with Crippen LogP contribution in [0.3, 0.4) is 0 Å². The highest BCUT2D eigenvalue weighted by atomic mass is 35.5. The van der Waals surface area contributed by atoms with Crippen LogP contribution < -0.4 is 16.0 Å². The smallest absolute Gasteiger partial charge is 0.242 e. The van der Waals surface area contributed by atoms with Gasteiger partial charge in [-0.15, -0.1) is 12.4 Å². The predicted molar refractivity (Wildman–Crippen MR) is 82.9 cm³/mol. The lowest BCUT2D eigenvalue weighted by Gasteiger charge is -2.21. The molecule has 1 saturated heterocycles. The Labute approximate surface area is 128 Å². The van der Waals surface area contributed by atoms with Crippen molar-refractivity contribution in [3.05, 3.63) is 0 Å². The number of amides is 2. The maximum atomic E-state index is 11.8. The molecule has 0 aromatic rings. The highest BCUT2D eigenvalue weighted by molar-refractivity contribution is 5.89. The summed E-state index contributed by atoms with van der Waals surface area (Å²) >= 11 is 0. The molecule has 20 heavy (non-hydrogen) atoms. The van der Waals surface area contributed by atoms with Crippen molar-refractivity contribution in [3.63, 3.8) is 0 Å². The van der Waals surface area contributed by atoms with Crippen molar-refractivity contribution in [3.8, 4) is 0 Å². The van der Waals surface area contributed by atoms with Gasteiger partial charge in [0.2, 0.25) is 11.8 Å². The van der Waals surface area contributed by atoms with Crippen molar-refractivity contribution < 1.29 is 9.59 Å². The fourth-order valence-electron chi connectivity index (χ4n) is 1.99. The number of nitrogens with one attached hydrogen (secondary N) is 3. The topological polar surface area (TPSA) is 70.2 Å². The van der Waals surface area contributed by atoms with E-state index in [0.717, 1.165) is 19.5 Å². The third-order valence-corrected chi connectivity index (χ3v) is 3.44. The fraction of sp³-hybridized carbons (Fsp3) is 0.857. The molecule has 1 aliphatic rings. The van der Waals surface area contributed by atoms with Gasteiger partial charge in [-0.1, -0.05) is 20.8 Å². The molecule has 1 rings (SSSR count). The van der Waals surface area contributed by atoms with E-state index in [1.54, 1.807) is 6.92 Å². The molecule has 2 amide bonds. The van der Waals surface area contributed by atoms with E-state index in [2.05, 4.69) is 16.0 Å². The highest BCUT2D eigenvalue weighted by Crippen LogP contribution is 2.13. The molecule has 0 spiro atoms. The lowest BCUT2D eigenvalue weighted by molar-refractivity contribution is -0.133. The minimum absolute atomic E-state index is 0. The van der Waals surface area contributed by atoms with Gasteiger partial charge in [0, 0.05) is 12.0 Å². The van der Waals surface area contributed by atoms with Gasteiger partial charge in [-0.2, -0.15) is 0 Å². The molecule has 0 saturated carbocycles. The SMILES string of the molecule is CC(NC(=O)C(C)(C)C)C(=O)NCCC1CCNC1.Cl. The van der Waals surface area contributed by atoms with E-state index in [9.17, 15) is 9.59 Å². The minimum Gasteiger partial charge on any atom is -0.354 e. The van der Waals surface area contributed by atoms with Gasteiger partial charge in [0.1, 0.15) is 6.04 Å². The van der Waals surface area contributed by atoms with Crippen LogP contribution in [0, 0.1) is 11.3 Å². The van der Waals surface area contributed by atoms with Crippen LogP contribution >= 0.6 is 12.4 Å². The standard InChI is InChI=1S/C14H27N3O2.ClH/c1-10(17-13(19)14(2,3)4)12(18)16-8-6-11-5-7-15-9-11;/h10-11,15H,5-9H2,1-4H3,(H,16,18)(H,17,19);1H. The molecule has 1 heterocycles. The first kappa shape index (κ1) is 19.2. The Balaban J connectivity index is 0.00000361. The summed E-state index contributed by atoms with van der Waals surface area (Å²) in [5.41, 5.74) is -0.468. The number of rotatable bonds is 5. The van der Waals surface area contributed by atoms with Gasteiger partial charge < -0.3 is 16.0 Å². The number of halogens is 1. The molecule has 2 atom stereocenters. The van der Waals surface area contributed by atoms with Crippen molar-refractivity contribution in [2.45, 2.75) is 46.6 Å². The van der Waals surface area contributed by atoms with E-state index in [4.69, 9.17) is 0 Å². The summed E-state index contributed by atoms with van der Waals surface area (Å²) in [6.07, 6.45) is 2.19. The molecule has 6 heteroatoms. The highest BCUT2D eigenvalue weighted by Gasteiger charge is 2.25. The van der Waals surface area contributed by atoms with Crippen LogP contribution in [0.4, 0.5) is 0 Å². The lowest BCUT2D eigenvalue weighted by atomic mass is 9.95. The third-order valence-electron chi connectivity index (χ3n) is 3.44. The van der Waals surface area contributed by atoms with Crippen LogP contribution in [0.5, 0.6) is 0 Å². The van der Waals surface area contributed by atoms with Gasteiger partial charge >= 0.3 is 0 Å². The minimum atomic E-state index is -0.478. The van der Waals surface area contributed by atoms with E-state index in [-0.39, 0.29) is 24.2 Å². The zero-order valence-electron chi connectivity index (χ0n) is 12.9. The van der Waals surface area contributed by atoms with Gasteiger partial charge in [-0.25, -0.2) is 0 Å². The monoisotopic (exact) mass is 305 g/mol. The van der Waals surface area contributed by atoms with E-state index in [0.29, 0.717) is 12.5 Å². The van der Waals surface area contributed by atoms with Crippen LogP contribution in [0.2, 0.25) is 0 Å². The maximum Gasteiger partial charge on any atom is 0.242 e. The molecule has 1 aliphatic heterocycles. The van der Waals surface area contributed by atoms with Gasteiger partial charge in [-0.05, 0) is 38.8 Å². The first-order valence-electron chi connectivity index (χ1n) is 7.10. The molecule has 1 fully saturated rings. The molecular weight excluding hydrogens is 278 g/mol. The summed E-state index contributed by atoms with van der Waals surface area (Å²) in [6.45, 7) is 10.0. The molecule has 118 valence electrons. The quantitative estimate of drug-likeness (QED) is 0.712. The van der Waals surface area contributed by atoms with Crippen LogP contribution in [0.15, 0.2) is 0 Å². The Morgan fingerprint density at radius 1 is 1.35 bits per heavy atom. The molecule has 0 radical (unpaired) electrons. The average Bonchev–Trinajstić information content (AvgIpc) is 2.80. The van der Waals surface area contributed by atoms with E-state index < -0.39 is 11.5 Å². The van der Waals surface area contributed by atoms with Crippen molar-refractivity contribution in [1.82, 2.24) is 16.0 Å². The summed E-state index contributed by atoms with van der Waals surface area (Å²) < 4.78 is 0. The maximum absolute atomic E-state index is 11.8. The number of hydrogen-bond acceptors (Lipinski definition) is 3. The van der Waals surface area contributed by atoms with Gasteiger partial charge in [0.05, 0.1) is 0 Å². The number of carbonyl (C=O) groups is 2. The van der Waals surface area contributed by atoms with Crippen molar-refractivity contribution in [2.75, 3.05) is 19.6 Å². The van der Waals surface area contributed by atoms with Crippen molar-refractivity contribution >= 4 is 24.2 Å². The second-order valence-corrected chi connectivity index (χ2v) is 6.38. The van der Waals surface area contributed by atoms with E-state index >= 15 is 0 Å². The summed E-state index contributed by atoms with van der Waals surface area (Å²) in [5.74, 6) is 0.457. The Morgan fingerprint density at radius 3 is 2.50 bits per heavy atom. The van der Waals surface area contributed by atoms with Crippen molar-refractivity contribution in [1.29, 1.82) is 0 Å².